The maximum Gasteiger partial charge on any atom is 0.227 e. The van der Waals surface area contributed by atoms with Crippen molar-refractivity contribution >= 4 is 11.6 Å². The summed E-state index contributed by atoms with van der Waals surface area (Å²) in [7, 11) is 5.16. The van der Waals surface area contributed by atoms with Crippen LogP contribution in [0.15, 0.2) is 12.1 Å². The van der Waals surface area contributed by atoms with Gasteiger partial charge in [0.05, 0.1) is 14.2 Å². The second-order valence-corrected chi connectivity index (χ2v) is 5.33. The molecule has 0 aromatic heterocycles. The number of nitrogens with one attached hydrogen (secondary N) is 2. The maximum absolute atomic E-state index is 12.3. The summed E-state index contributed by atoms with van der Waals surface area (Å²) in [5.41, 5.74) is 1.95. The van der Waals surface area contributed by atoms with E-state index in [1.165, 1.54) is 0 Å². The molecule has 5 heteroatoms. The molecule has 21 heavy (non-hydrogen) atoms. The monoisotopic (exact) mass is 292 g/mol. The van der Waals surface area contributed by atoms with Gasteiger partial charge < -0.3 is 20.1 Å². The standard InChI is InChI=1S/C16H24N2O3/c1-17-8-4-5-11-6-7-12-9-14(20-2)15(21-3)10-13(12)18-16(11)19/h9-11,17H,4-8H2,1-3H3,(H,18,19). The molecule has 0 saturated carbocycles. The molecule has 1 heterocycles. The van der Waals surface area contributed by atoms with Gasteiger partial charge in [0, 0.05) is 17.7 Å². The Morgan fingerprint density at radius 2 is 2.00 bits per heavy atom. The second kappa shape index (κ2) is 7.31. The molecular formula is C16H24N2O3. The van der Waals surface area contributed by atoms with Crippen LogP contribution in [-0.4, -0.2) is 33.7 Å². The molecule has 0 bridgehead atoms. The minimum absolute atomic E-state index is 0.0720. The number of rotatable bonds is 6. The molecule has 2 N–H and O–H groups in total. The summed E-state index contributed by atoms with van der Waals surface area (Å²) in [5.74, 6) is 1.53. The SMILES string of the molecule is CNCCCC1CCc2cc(OC)c(OC)cc2NC1=O. The molecule has 0 spiro atoms. The van der Waals surface area contributed by atoms with E-state index in [1.807, 2.05) is 19.2 Å². The highest BCUT2D eigenvalue weighted by Crippen LogP contribution is 2.36. The van der Waals surface area contributed by atoms with Gasteiger partial charge in [0.2, 0.25) is 5.91 Å². The Morgan fingerprint density at radius 3 is 2.67 bits per heavy atom. The van der Waals surface area contributed by atoms with Crippen molar-refractivity contribution in [2.24, 2.45) is 5.92 Å². The number of anilines is 1. The fourth-order valence-electron chi connectivity index (χ4n) is 2.74. The lowest BCUT2D eigenvalue weighted by Crippen LogP contribution is -2.22. The van der Waals surface area contributed by atoms with Gasteiger partial charge in [-0.2, -0.15) is 0 Å². The van der Waals surface area contributed by atoms with Crippen molar-refractivity contribution in [1.82, 2.24) is 5.32 Å². The first kappa shape index (κ1) is 15.6. The molecule has 2 rings (SSSR count). The van der Waals surface area contributed by atoms with E-state index in [4.69, 9.17) is 9.47 Å². The maximum atomic E-state index is 12.3. The minimum atomic E-state index is 0.0720. The topological polar surface area (TPSA) is 59.6 Å². The summed E-state index contributed by atoms with van der Waals surface area (Å²) in [4.78, 5) is 12.3. The van der Waals surface area contributed by atoms with E-state index in [2.05, 4.69) is 10.6 Å². The summed E-state index contributed by atoms with van der Waals surface area (Å²) >= 11 is 0. The third-order valence-corrected chi connectivity index (χ3v) is 3.98. The van der Waals surface area contributed by atoms with Gasteiger partial charge in [-0.25, -0.2) is 0 Å². The Labute approximate surface area is 126 Å². The third kappa shape index (κ3) is 3.67. The molecule has 5 nitrogen and oxygen atoms in total. The van der Waals surface area contributed by atoms with Crippen LogP contribution in [0.4, 0.5) is 5.69 Å². The number of carbonyl (C=O) groups is 1. The Hall–Kier alpha value is -1.75. The number of amides is 1. The fourth-order valence-corrected chi connectivity index (χ4v) is 2.74. The molecule has 0 saturated heterocycles. The lowest BCUT2D eigenvalue weighted by atomic mass is 9.96. The van der Waals surface area contributed by atoms with Crippen LogP contribution in [0.2, 0.25) is 0 Å². The van der Waals surface area contributed by atoms with Crippen molar-refractivity contribution < 1.29 is 14.3 Å². The molecule has 0 radical (unpaired) electrons. The summed E-state index contributed by atoms with van der Waals surface area (Å²) in [6.45, 7) is 0.943. The molecule has 1 aliphatic heterocycles. The Bertz CT molecular complexity index is 503. The van der Waals surface area contributed by atoms with Gasteiger partial charge >= 0.3 is 0 Å². The first-order valence-electron chi connectivity index (χ1n) is 7.40. The van der Waals surface area contributed by atoms with Crippen LogP contribution in [0.25, 0.3) is 0 Å². The number of carbonyl (C=O) groups excluding carboxylic acids is 1. The number of benzene rings is 1. The zero-order chi connectivity index (χ0) is 15.2. The number of fused-ring (bicyclic) bond motifs is 1. The summed E-state index contributed by atoms with van der Waals surface area (Å²) in [6.07, 6.45) is 3.67. The molecule has 1 aliphatic rings. The molecule has 1 aromatic carbocycles. The zero-order valence-electron chi connectivity index (χ0n) is 13.0. The first-order chi connectivity index (χ1) is 10.2. The van der Waals surface area contributed by atoms with Gasteiger partial charge in [0.15, 0.2) is 11.5 Å². The second-order valence-electron chi connectivity index (χ2n) is 5.33. The van der Waals surface area contributed by atoms with Crippen LogP contribution >= 0.6 is 0 Å². The average Bonchev–Trinajstić information content (AvgIpc) is 2.65. The summed E-state index contributed by atoms with van der Waals surface area (Å²) in [6, 6.07) is 3.81. The quantitative estimate of drug-likeness (QED) is 0.789. The van der Waals surface area contributed by atoms with E-state index in [1.54, 1.807) is 14.2 Å². The van der Waals surface area contributed by atoms with Gasteiger partial charge in [-0.05, 0) is 50.9 Å². The molecule has 1 amide bonds. The van der Waals surface area contributed by atoms with Crippen LogP contribution in [0.3, 0.4) is 0 Å². The average molecular weight is 292 g/mol. The highest BCUT2D eigenvalue weighted by molar-refractivity contribution is 5.94. The molecule has 116 valence electrons. The van der Waals surface area contributed by atoms with Crippen LogP contribution < -0.4 is 20.1 Å². The number of aryl methyl sites for hydroxylation is 1. The van der Waals surface area contributed by atoms with Crippen LogP contribution in [-0.2, 0) is 11.2 Å². The number of methoxy groups -OCH3 is 2. The Balaban J connectivity index is 2.15. The predicted octanol–water partition coefficient (Wildman–Crippen LogP) is 2.20. The van der Waals surface area contributed by atoms with Crippen LogP contribution in [0.1, 0.15) is 24.8 Å². The Morgan fingerprint density at radius 1 is 1.29 bits per heavy atom. The van der Waals surface area contributed by atoms with Crippen molar-refractivity contribution in [1.29, 1.82) is 0 Å². The van der Waals surface area contributed by atoms with Gasteiger partial charge in [0.1, 0.15) is 0 Å². The van der Waals surface area contributed by atoms with Gasteiger partial charge in [-0.3, -0.25) is 4.79 Å². The Kier molecular flexibility index (Phi) is 5.44. The van der Waals surface area contributed by atoms with Crippen molar-refractivity contribution in [2.45, 2.75) is 25.7 Å². The molecule has 1 aromatic rings. The fraction of sp³-hybridized carbons (Fsp3) is 0.562. The summed E-state index contributed by atoms with van der Waals surface area (Å²) < 4.78 is 10.6. The van der Waals surface area contributed by atoms with E-state index < -0.39 is 0 Å². The summed E-state index contributed by atoms with van der Waals surface area (Å²) in [5, 5.41) is 6.15. The van der Waals surface area contributed by atoms with E-state index in [9.17, 15) is 4.79 Å². The zero-order valence-corrected chi connectivity index (χ0v) is 13.0. The van der Waals surface area contributed by atoms with E-state index in [-0.39, 0.29) is 11.8 Å². The van der Waals surface area contributed by atoms with Crippen molar-refractivity contribution in [2.75, 3.05) is 33.1 Å². The number of hydrogen-bond donors (Lipinski definition) is 2. The predicted molar refractivity (Wildman–Crippen MR) is 83.1 cm³/mol. The van der Waals surface area contributed by atoms with Gasteiger partial charge in [-0.1, -0.05) is 0 Å². The van der Waals surface area contributed by atoms with E-state index in [0.717, 1.165) is 43.5 Å². The van der Waals surface area contributed by atoms with E-state index >= 15 is 0 Å². The molecule has 0 aliphatic carbocycles. The van der Waals surface area contributed by atoms with Crippen molar-refractivity contribution in [3.8, 4) is 11.5 Å². The largest absolute Gasteiger partial charge is 0.493 e. The molecule has 1 unspecified atom stereocenters. The molecule has 1 atom stereocenters. The van der Waals surface area contributed by atoms with Crippen LogP contribution in [0, 0.1) is 5.92 Å². The molecular weight excluding hydrogens is 268 g/mol. The molecule has 0 fully saturated rings. The normalized spacial score (nSPS) is 17.7. The first-order valence-corrected chi connectivity index (χ1v) is 7.40. The highest BCUT2D eigenvalue weighted by atomic mass is 16.5. The lowest BCUT2D eigenvalue weighted by molar-refractivity contribution is -0.120. The number of hydrogen-bond acceptors (Lipinski definition) is 4. The smallest absolute Gasteiger partial charge is 0.227 e. The van der Waals surface area contributed by atoms with Gasteiger partial charge in [0.25, 0.3) is 0 Å². The van der Waals surface area contributed by atoms with E-state index in [0.29, 0.717) is 11.5 Å². The van der Waals surface area contributed by atoms with Crippen molar-refractivity contribution in [3.63, 3.8) is 0 Å². The number of ether oxygens (including phenoxy) is 2. The minimum Gasteiger partial charge on any atom is -0.493 e. The lowest BCUT2D eigenvalue weighted by Gasteiger charge is -2.13. The van der Waals surface area contributed by atoms with Crippen molar-refractivity contribution in [3.05, 3.63) is 17.7 Å². The van der Waals surface area contributed by atoms with Crippen LogP contribution in [0.5, 0.6) is 11.5 Å². The highest BCUT2D eigenvalue weighted by Gasteiger charge is 2.24. The third-order valence-electron chi connectivity index (χ3n) is 3.98. The van der Waals surface area contributed by atoms with Gasteiger partial charge in [-0.15, -0.1) is 0 Å².